The zero-order valence-corrected chi connectivity index (χ0v) is 17.8. The molecule has 162 valence electrons. The van der Waals surface area contributed by atoms with E-state index >= 15 is 0 Å². The maximum absolute atomic E-state index is 13.7. The van der Waals surface area contributed by atoms with E-state index in [2.05, 4.69) is 10.2 Å². The number of nitrogens with one attached hydrogen (secondary N) is 1. The monoisotopic (exact) mass is 437 g/mol. The van der Waals surface area contributed by atoms with Crippen LogP contribution in [0.15, 0.2) is 46.2 Å². The minimum Gasteiger partial charge on any atom is -0.369 e. The molecule has 0 radical (unpaired) electrons. The van der Waals surface area contributed by atoms with Crippen LogP contribution in [0.3, 0.4) is 0 Å². The van der Waals surface area contributed by atoms with Gasteiger partial charge in [0.2, 0.25) is 15.7 Å². The van der Waals surface area contributed by atoms with Crippen LogP contribution in [0.2, 0.25) is 0 Å². The zero-order chi connectivity index (χ0) is 21.9. The van der Waals surface area contributed by atoms with Gasteiger partial charge in [0.1, 0.15) is 11.6 Å². The summed E-state index contributed by atoms with van der Waals surface area (Å²) in [7, 11) is -4.26. The molecule has 1 saturated heterocycles. The number of carbonyl (C=O) groups excluding carboxylic acids is 1. The predicted molar refractivity (Wildman–Crippen MR) is 112 cm³/mol. The molecule has 0 saturated carbocycles. The van der Waals surface area contributed by atoms with Crippen LogP contribution >= 0.6 is 0 Å². The van der Waals surface area contributed by atoms with Gasteiger partial charge in [-0.25, -0.2) is 17.2 Å². The van der Waals surface area contributed by atoms with Crippen LogP contribution in [0.25, 0.3) is 0 Å². The van der Waals surface area contributed by atoms with Crippen molar-refractivity contribution in [2.24, 2.45) is 0 Å². The first-order valence-corrected chi connectivity index (χ1v) is 11.3. The molecule has 0 aromatic heterocycles. The standard InChI is InChI=1S/C21H25F2N3O3S/c1-3-8-26(15(2)27)20-14-18(25-9-6-24-7-10-25)4-5-21(20)30(28,29)19-12-16(22)11-17(23)13-19/h4-5,11-14,24H,3,6-10H2,1-2H3. The first kappa shape index (κ1) is 22.2. The number of carbonyl (C=O) groups is 1. The summed E-state index contributed by atoms with van der Waals surface area (Å²) < 4.78 is 54.0. The number of amides is 1. The van der Waals surface area contributed by atoms with Crippen molar-refractivity contribution in [2.75, 3.05) is 42.5 Å². The molecule has 3 rings (SSSR count). The fourth-order valence-electron chi connectivity index (χ4n) is 3.55. The van der Waals surface area contributed by atoms with Crippen molar-refractivity contribution in [1.29, 1.82) is 0 Å². The van der Waals surface area contributed by atoms with E-state index in [0.29, 0.717) is 19.0 Å². The second-order valence-electron chi connectivity index (χ2n) is 7.17. The smallest absolute Gasteiger partial charge is 0.223 e. The number of hydrogen-bond acceptors (Lipinski definition) is 5. The summed E-state index contributed by atoms with van der Waals surface area (Å²) in [6, 6.07) is 6.93. The van der Waals surface area contributed by atoms with Crippen molar-refractivity contribution < 1.29 is 22.0 Å². The number of sulfone groups is 1. The first-order valence-electron chi connectivity index (χ1n) is 9.83. The van der Waals surface area contributed by atoms with Crippen molar-refractivity contribution in [3.63, 3.8) is 0 Å². The Morgan fingerprint density at radius 3 is 2.30 bits per heavy atom. The maximum Gasteiger partial charge on any atom is 0.223 e. The van der Waals surface area contributed by atoms with Crippen LogP contribution < -0.4 is 15.1 Å². The van der Waals surface area contributed by atoms with Crippen LogP contribution in [0, 0.1) is 11.6 Å². The SMILES string of the molecule is CCCN(C(C)=O)c1cc(N2CCNCC2)ccc1S(=O)(=O)c1cc(F)cc(F)c1. The Hall–Kier alpha value is -2.52. The summed E-state index contributed by atoms with van der Waals surface area (Å²) in [6.07, 6.45) is 0.617. The molecule has 9 heteroatoms. The topological polar surface area (TPSA) is 69.7 Å². The Morgan fingerprint density at radius 2 is 1.73 bits per heavy atom. The third kappa shape index (κ3) is 4.62. The van der Waals surface area contributed by atoms with Crippen molar-refractivity contribution in [3.05, 3.63) is 48.0 Å². The van der Waals surface area contributed by atoms with Gasteiger partial charge in [-0.1, -0.05) is 6.92 Å². The number of rotatable bonds is 6. The lowest BCUT2D eigenvalue weighted by atomic mass is 10.2. The number of benzene rings is 2. The summed E-state index contributed by atoms with van der Waals surface area (Å²) >= 11 is 0. The zero-order valence-electron chi connectivity index (χ0n) is 17.0. The molecule has 0 aliphatic carbocycles. The highest BCUT2D eigenvalue weighted by atomic mass is 32.2. The molecular formula is C21H25F2N3O3S. The van der Waals surface area contributed by atoms with Gasteiger partial charge in [0.15, 0.2) is 0 Å². The maximum atomic E-state index is 13.7. The van der Waals surface area contributed by atoms with Gasteiger partial charge in [-0.05, 0) is 36.8 Å². The van der Waals surface area contributed by atoms with Gasteiger partial charge in [0, 0.05) is 51.4 Å². The summed E-state index contributed by atoms with van der Waals surface area (Å²) in [5.74, 6) is -2.27. The molecule has 2 aromatic carbocycles. The lowest BCUT2D eigenvalue weighted by Crippen LogP contribution is -2.43. The van der Waals surface area contributed by atoms with E-state index in [9.17, 15) is 22.0 Å². The molecule has 1 heterocycles. The second kappa shape index (κ2) is 9.09. The number of piperazine rings is 1. The van der Waals surface area contributed by atoms with Crippen molar-refractivity contribution in [1.82, 2.24) is 5.32 Å². The predicted octanol–water partition coefficient (Wildman–Crippen LogP) is 2.97. The van der Waals surface area contributed by atoms with Crippen LogP contribution in [-0.2, 0) is 14.6 Å². The quantitative estimate of drug-likeness (QED) is 0.753. The van der Waals surface area contributed by atoms with Crippen LogP contribution in [0.1, 0.15) is 20.3 Å². The summed E-state index contributed by atoms with van der Waals surface area (Å²) in [6.45, 7) is 6.65. The van der Waals surface area contributed by atoms with Crippen molar-refractivity contribution in [3.8, 4) is 0 Å². The Labute approximate surface area is 175 Å². The Morgan fingerprint density at radius 1 is 1.10 bits per heavy atom. The average molecular weight is 438 g/mol. The number of halogens is 2. The fraction of sp³-hybridized carbons (Fsp3) is 0.381. The summed E-state index contributed by atoms with van der Waals surface area (Å²) in [5.41, 5.74) is 1.00. The third-order valence-corrected chi connectivity index (χ3v) is 6.76. The third-order valence-electron chi connectivity index (χ3n) is 4.98. The molecule has 1 N–H and O–H groups in total. The van der Waals surface area contributed by atoms with E-state index in [1.165, 1.54) is 17.9 Å². The lowest BCUT2D eigenvalue weighted by Gasteiger charge is -2.31. The summed E-state index contributed by atoms with van der Waals surface area (Å²) in [4.78, 5) is 15.2. The number of anilines is 2. The molecule has 1 amide bonds. The normalized spacial score (nSPS) is 14.6. The molecule has 0 spiro atoms. The van der Waals surface area contributed by atoms with Gasteiger partial charge >= 0.3 is 0 Å². The van der Waals surface area contributed by atoms with Crippen LogP contribution in [-0.4, -0.2) is 47.0 Å². The molecule has 0 unspecified atom stereocenters. The van der Waals surface area contributed by atoms with Crippen molar-refractivity contribution >= 4 is 27.1 Å². The van der Waals surface area contributed by atoms with E-state index in [-0.39, 0.29) is 16.5 Å². The molecular weight excluding hydrogens is 412 g/mol. The van der Waals surface area contributed by atoms with Gasteiger partial charge < -0.3 is 15.1 Å². The first-order chi connectivity index (χ1) is 14.2. The lowest BCUT2D eigenvalue weighted by molar-refractivity contribution is -0.116. The molecule has 0 atom stereocenters. The van der Waals surface area contributed by atoms with E-state index in [0.717, 1.165) is 44.0 Å². The van der Waals surface area contributed by atoms with E-state index in [1.54, 1.807) is 12.1 Å². The molecule has 1 aliphatic rings. The minimum absolute atomic E-state index is 0.157. The molecule has 2 aromatic rings. The van der Waals surface area contributed by atoms with E-state index in [4.69, 9.17) is 0 Å². The molecule has 1 fully saturated rings. The largest absolute Gasteiger partial charge is 0.369 e. The van der Waals surface area contributed by atoms with Gasteiger partial charge in [-0.15, -0.1) is 0 Å². The second-order valence-corrected chi connectivity index (χ2v) is 9.09. The number of hydrogen-bond donors (Lipinski definition) is 1. The van der Waals surface area contributed by atoms with E-state index < -0.39 is 26.4 Å². The van der Waals surface area contributed by atoms with E-state index in [1.807, 2.05) is 6.92 Å². The van der Waals surface area contributed by atoms with Gasteiger partial charge in [0.25, 0.3) is 0 Å². The van der Waals surface area contributed by atoms with Crippen molar-refractivity contribution in [2.45, 2.75) is 30.1 Å². The highest BCUT2D eigenvalue weighted by Crippen LogP contribution is 2.35. The Balaban J connectivity index is 2.17. The fourth-order valence-corrected chi connectivity index (χ4v) is 5.03. The Bertz CT molecular complexity index is 1020. The minimum atomic E-state index is -4.26. The van der Waals surface area contributed by atoms with Crippen LogP contribution in [0.5, 0.6) is 0 Å². The Kier molecular flexibility index (Phi) is 6.72. The number of nitrogens with zero attached hydrogens (tertiary/aromatic N) is 2. The molecule has 6 nitrogen and oxygen atoms in total. The molecule has 30 heavy (non-hydrogen) atoms. The van der Waals surface area contributed by atoms with Gasteiger partial charge in [-0.2, -0.15) is 0 Å². The molecule has 0 bridgehead atoms. The molecule has 1 aliphatic heterocycles. The highest BCUT2D eigenvalue weighted by molar-refractivity contribution is 7.91. The average Bonchev–Trinajstić information content (AvgIpc) is 2.71. The van der Waals surface area contributed by atoms with Gasteiger partial charge in [-0.3, -0.25) is 4.79 Å². The van der Waals surface area contributed by atoms with Crippen LogP contribution in [0.4, 0.5) is 20.2 Å². The van der Waals surface area contributed by atoms with Gasteiger partial charge in [0.05, 0.1) is 15.5 Å². The highest BCUT2D eigenvalue weighted by Gasteiger charge is 2.28. The summed E-state index contributed by atoms with van der Waals surface area (Å²) in [5, 5.41) is 3.25.